The van der Waals surface area contributed by atoms with Crippen molar-refractivity contribution in [1.29, 1.82) is 0 Å². The van der Waals surface area contributed by atoms with Crippen LogP contribution in [0.3, 0.4) is 0 Å². The molecule has 194 valence electrons. The molecule has 36 heavy (non-hydrogen) atoms. The maximum atomic E-state index is 13.5. The van der Waals surface area contributed by atoms with Gasteiger partial charge in [0.05, 0.1) is 18.0 Å². The van der Waals surface area contributed by atoms with E-state index in [2.05, 4.69) is 9.98 Å². The first kappa shape index (κ1) is 25.9. The van der Waals surface area contributed by atoms with Crippen LogP contribution in [0.25, 0.3) is 0 Å². The number of ether oxygens (including phenoxy) is 2. The molecule has 1 aliphatic carbocycles. The molecule has 0 radical (unpaired) electrons. The third-order valence-corrected chi connectivity index (χ3v) is 8.54. The van der Waals surface area contributed by atoms with Gasteiger partial charge in [-0.25, -0.2) is 23.1 Å². The molecule has 2 aliphatic rings. The van der Waals surface area contributed by atoms with E-state index in [0.717, 1.165) is 32.1 Å². The molecule has 1 fully saturated rings. The number of methoxy groups -OCH3 is 1. The number of benzene rings is 1. The summed E-state index contributed by atoms with van der Waals surface area (Å²) in [7, 11) is -2.29. The molecule has 4 rings (SSSR count). The minimum atomic E-state index is -3.82. The summed E-state index contributed by atoms with van der Waals surface area (Å²) in [6, 6.07) is 7.24. The number of amidine groups is 1. The summed E-state index contributed by atoms with van der Waals surface area (Å²) >= 11 is 0. The average molecular weight is 518 g/mol. The van der Waals surface area contributed by atoms with Gasteiger partial charge < -0.3 is 14.6 Å². The SMILES string of the molecule is COc1cc(C)c(S(=O)(=O)CC2=NC(OC(=O)O)ON2C2CCC(Cc3ccncc3)CC2)c(C)c1. The van der Waals surface area contributed by atoms with Gasteiger partial charge in [0.2, 0.25) is 0 Å². The van der Waals surface area contributed by atoms with E-state index in [1.165, 1.54) is 17.7 Å². The number of pyridine rings is 1. The van der Waals surface area contributed by atoms with Gasteiger partial charge in [-0.05, 0) is 92.8 Å². The Kier molecular flexibility index (Phi) is 7.79. The Morgan fingerprint density at radius 1 is 1.14 bits per heavy atom. The third-order valence-electron chi connectivity index (χ3n) is 6.64. The number of aliphatic imine (C=N–C) groups is 1. The molecule has 1 saturated carbocycles. The normalized spacial score (nSPS) is 22.2. The molecule has 1 unspecified atom stereocenters. The van der Waals surface area contributed by atoms with Gasteiger partial charge in [0.25, 0.3) is 0 Å². The van der Waals surface area contributed by atoms with Crippen molar-refractivity contribution >= 4 is 21.8 Å². The zero-order chi connectivity index (χ0) is 25.9. The molecule has 1 aromatic carbocycles. The van der Waals surface area contributed by atoms with Crippen molar-refractivity contribution in [2.24, 2.45) is 10.9 Å². The van der Waals surface area contributed by atoms with Crippen LogP contribution in [0.2, 0.25) is 0 Å². The number of carbonyl (C=O) groups is 1. The highest BCUT2D eigenvalue weighted by Crippen LogP contribution is 2.33. The number of hydrogen-bond donors (Lipinski definition) is 1. The molecule has 1 atom stereocenters. The Morgan fingerprint density at radius 2 is 1.78 bits per heavy atom. The summed E-state index contributed by atoms with van der Waals surface area (Å²) in [6.45, 7) is 3.43. The molecule has 10 nitrogen and oxygen atoms in total. The Labute approximate surface area is 210 Å². The Bertz CT molecular complexity index is 1200. The van der Waals surface area contributed by atoms with Crippen LogP contribution in [0.5, 0.6) is 5.75 Å². The van der Waals surface area contributed by atoms with Crippen molar-refractivity contribution in [3.05, 3.63) is 53.3 Å². The Morgan fingerprint density at radius 3 is 2.36 bits per heavy atom. The van der Waals surface area contributed by atoms with E-state index in [9.17, 15) is 13.2 Å². The van der Waals surface area contributed by atoms with Crippen molar-refractivity contribution in [2.75, 3.05) is 12.9 Å². The minimum absolute atomic E-state index is 0.131. The molecule has 0 amide bonds. The van der Waals surface area contributed by atoms with E-state index in [-0.39, 0.29) is 16.8 Å². The van der Waals surface area contributed by atoms with Crippen molar-refractivity contribution in [1.82, 2.24) is 10.0 Å². The molecule has 2 aromatic rings. The summed E-state index contributed by atoms with van der Waals surface area (Å²) in [6.07, 6.45) is 4.92. The van der Waals surface area contributed by atoms with E-state index in [1.807, 2.05) is 12.1 Å². The smallest absolute Gasteiger partial charge is 0.497 e. The zero-order valence-corrected chi connectivity index (χ0v) is 21.4. The van der Waals surface area contributed by atoms with Gasteiger partial charge in [-0.3, -0.25) is 4.98 Å². The molecule has 0 saturated heterocycles. The van der Waals surface area contributed by atoms with Crippen LogP contribution >= 0.6 is 0 Å². The highest BCUT2D eigenvalue weighted by Gasteiger charge is 2.39. The van der Waals surface area contributed by atoms with Crippen LogP contribution in [0.1, 0.15) is 42.4 Å². The average Bonchev–Trinajstić information content (AvgIpc) is 3.19. The van der Waals surface area contributed by atoms with Crippen molar-refractivity contribution in [3.8, 4) is 5.75 Å². The van der Waals surface area contributed by atoms with Crippen molar-refractivity contribution in [2.45, 2.75) is 63.3 Å². The van der Waals surface area contributed by atoms with E-state index in [4.69, 9.17) is 19.4 Å². The predicted octanol–water partition coefficient (Wildman–Crippen LogP) is 3.91. The fourth-order valence-electron chi connectivity index (χ4n) is 5.09. The monoisotopic (exact) mass is 517 g/mol. The van der Waals surface area contributed by atoms with Gasteiger partial charge in [-0.1, -0.05) is 0 Å². The van der Waals surface area contributed by atoms with Gasteiger partial charge in [0, 0.05) is 12.4 Å². The number of aromatic nitrogens is 1. The first-order chi connectivity index (χ1) is 17.2. The largest absolute Gasteiger partial charge is 0.509 e. The lowest BCUT2D eigenvalue weighted by atomic mass is 9.82. The van der Waals surface area contributed by atoms with Gasteiger partial charge in [0.15, 0.2) is 9.84 Å². The van der Waals surface area contributed by atoms with Crippen LogP contribution in [0, 0.1) is 19.8 Å². The van der Waals surface area contributed by atoms with E-state index >= 15 is 0 Å². The highest BCUT2D eigenvalue weighted by atomic mass is 32.2. The molecule has 2 heterocycles. The maximum Gasteiger partial charge on any atom is 0.509 e. The van der Waals surface area contributed by atoms with E-state index in [1.54, 1.807) is 38.4 Å². The standard InChI is InChI=1S/C25H31N3O7S/c1-16-12-21(33-3)13-17(2)23(16)36(31,32)15-22-27-24(34-25(29)30)35-28(22)20-6-4-18(5-7-20)14-19-8-10-26-11-9-19/h8-13,18,20,24H,4-7,14-15H2,1-3H3,(H,29,30). The molecular formula is C25H31N3O7S. The first-order valence-corrected chi connectivity index (χ1v) is 13.5. The Hall–Kier alpha value is -3.18. The number of nitrogens with zero attached hydrogens (tertiary/aromatic N) is 3. The molecule has 0 spiro atoms. The number of rotatable bonds is 8. The second-order valence-electron chi connectivity index (χ2n) is 9.25. The molecule has 1 aromatic heterocycles. The molecular weight excluding hydrogens is 486 g/mol. The molecule has 0 bridgehead atoms. The fourth-order valence-corrected chi connectivity index (χ4v) is 6.87. The Balaban J connectivity index is 1.50. The van der Waals surface area contributed by atoms with Crippen molar-refractivity contribution in [3.63, 3.8) is 0 Å². The predicted molar refractivity (Wildman–Crippen MR) is 131 cm³/mol. The lowest BCUT2D eigenvalue weighted by Gasteiger charge is -2.35. The number of sulfone groups is 1. The lowest BCUT2D eigenvalue weighted by Crippen LogP contribution is -2.42. The maximum absolute atomic E-state index is 13.5. The van der Waals surface area contributed by atoms with Crippen LogP contribution in [0.4, 0.5) is 4.79 Å². The highest BCUT2D eigenvalue weighted by molar-refractivity contribution is 7.92. The summed E-state index contributed by atoms with van der Waals surface area (Å²) in [4.78, 5) is 25.2. The van der Waals surface area contributed by atoms with Gasteiger partial charge in [-0.2, -0.15) is 4.99 Å². The molecule has 1 aliphatic heterocycles. The van der Waals surface area contributed by atoms with Crippen LogP contribution in [0.15, 0.2) is 46.5 Å². The topological polar surface area (TPSA) is 128 Å². The van der Waals surface area contributed by atoms with E-state index in [0.29, 0.717) is 22.8 Å². The molecule has 11 heteroatoms. The third kappa shape index (κ3) is 5.96. The van der Waals surface area contributed by atoms with Gasteiger partial charge >= 0.3 is 12.6 Å². The quantitative estimate of drug-likeness (QED) is 0.518. The van der Waals surface area contributed by atoms with Gasteiger partial charge in [0.1, 0.15) is 17.3 Å². The zero-order valence-electron chi connectivity index (χ0n) is 20.6. The number of aryl methyl sites for hydroxylation is 2. The fraction of sp³-hybridized carbons (Fsp3) is 0.480. The van der Waals surface area contributed by atoms with Gasteiger partial charge in [-0.15, -0.1) is 0 Å². The first-order valence-electron chi connectivity index (χ1n) is 11.9. The van der Waals surface area contributed by atoms with Crippen LogP contribution in [-0.4, -0.2) is 60.9 Å². The van der Waals surface area contributed by atoms with E-state index < -0.39 is 28.2 Å². The second kappa shape index (κ2) is 10.8. The summed E-state index contributed by atoms with van der Waals surface area (Å²) in [5, 5.41) is 10.5. The lowest BCUT2D eigenvalue weighted by molar-refractivity contribution is -0.226. The number of carboxylic acid groups (broad SMARTS) is 1. The summed E-state index contributed by atoms with van der Waals surface area (Å²) in [5.74, 6) is 0.780. The number of hydrogen-bond acceptors (Lipinski definition) is 9. The second-order valence-corrected chi connectivity index (χ2v) is 11.2. The summed E-state index contributed by atoms with van der Waals surface area (Å²) in [5.41, 5.74) is 2.36. The van der Waals surface area contributed by atoms with Crippen LogP contribution < -0.4 is 4.74 Å². The molecule has 1 N–H and O–H groups in total. The van der Waals surface area contributed by atoms with Crippen LogP contribution in [-0.2, 0) is 25.8 Å². The number of hydroxylamine groups is 2. The van der Waals surface area contributed by atoms with Crippen molar-refractivity contribution < 1.29 is 32.6 Å². The minimum Gasteiger partial charge on any atom is -0.497 e. The summed E-state index contributed by atoms with van der Waals surface area (Å²) < 4.78 is 36.9.